The Hall–Kier alpha value is -1.77. The highest BCUT2D eigenvalue weighted by Gasteiger charge is 2.02. The molecule has 0 unspecified atom stereocenters. The van der Waals surface area contributed by atoms with Gasteiger partial charge in [-0.05, 0) is 28.8 Å². The minimum absolute atomic E-state index is 0.0543. The predicted molar refractivity (Wildman–Crippen MR) is 86.0 cm³/mol. The van der Waals surface area contributed by atoms with Crippen LogP contribution >= 0.6 is 23.6 Å². The van der Waals surface area contributed by atoms with Crippen LogP contribution in [0.3, 0.4) is 0 Å². The van der Waals surface area contributed by atoms with E-state index in [1.807, 2.05) is 0 Å². The lowest BCUT2D eigenvalue weighted by Gasteiger charge is -2.05. The molecule has 0 aliphatic carbocycles. The fourth-order valence-corrected chi connectivity index (χ4v) is 2.70. The molecule has 0 radical (unpaired) electrons. The van der Waals surface area contributed by atoms with Gasteiger partial charge in [0.2, 0.25) is 0 Å². The van der Waals surface area contributed by atoms with Gasteiger partial charge in [-0.25, -0.2) is 0 Å². The van der Waals surface area contributed by atoms with Crippen LogP contribution in [0.1, 0.15) is 13.7 Å². The third kappa shape index (κ3) is 2.80. The van der Waals surface area contributed by atoms with Crippen LogP contribution in [0, 0.1) is 3.82 Å². The first-order valence-electron chi connectivity index (χ1n) is 10.3. The second-order valence-electron chi connectivity index (χ2n) is 3.53. The second-order valence-corrected chi connectivity index (χ2v) is 5.31. The first-order valence-corrected chi connectivity index (χ1v) is 6.49. The molecule has 0 amide bonds. The average Bonchev–Trinajstić information content (AvgIpc) is 2.67. The summed E-state index contributed by atoms with van der Waals surface area (Å²) in [5.74, 6) is 0. The summed E-state index contributed by atoms with van der Waals surface area (Å²) in [6.07, 6.45) is 0. The van der Waals surface area contributed by atoms with E-state index in [-0.39, 0.29) is 25.4 Å². The largest absolute Gasteiger partial charge is 0.124 e. The van der Waals surface area contributed by atoms with Crippen molar-refractivity contribution in [2.45, 2.75) is 0 Å². The van der Waals surface area contributed by atoms with Gasteiger partial charge in [0.15, 0.2) is 0 Å². The molecule has 0 saturated carbocycles. The van der Waals surface area contributed by atoms with Crippen LogP contribution in [-0.2, 0) is 0 Å². The third-order valence-electron chi connectivity index (χ3n) is 2.31. The predicted octanol–water partition coefficient (Wildman–Crippen LogP) is 5.81. The van der Waals surface area contributed by atoms with Crippen molar-refractivity contribution in [2.24, 2.45) is 0 Å². The van der Waals surface area contributed by atoms with Gasteiger partial charge in [-0.1, -0.05) is 72.6 Å². The molecule has 92 valence electrons. The van der Waals surface area contributed by atoms with E-state index in [4.69, 9.17) is 25.9 Å². The molecule has 2 heteroatoms. The third-order valence-corrected chi connectivity index (χ3v) is 3.53. The highest BCUT2D eigenvalue weighted by molar-refractivity contribution is 7.73. The van der Waals surface area contributed by atoms with Crippen molar-refractivity contribution in [2.75, 3.05) is 0 Å². The lowest BCUT2D eigenvalue weighted by molar-refractivity contribution is 1.63. The summed E-state index contributed by atoms with van der Waals surface area (Å²) in [7, 11) is 0. The topological polar surface area (TPSA) is 0 Å². The maximum absolute atomic E-state index is 8.14. The molecule has 0 N–H and O–H groups in total. The first-order chi connectivity index (χ1) is 13.5. The Morgan fingerprint density at radius 3 is 1.95 bits per heavy atom. The van der Waals surface area contributed by atoms with Crippen LogP contribution < -0.4 is 0 Å². The monoisotopic (exact) mass is 290 g/mol. The van der Waals surface area contributed by atoms with E-state index in [9.17, 15) is 0 Å². The van der Waals surface area contributed by atoms with Crippen LogP contribution in [0.2, 0.25) is 0 Å². The molecule has 0 spiro atoms. The maximum atomic E-state index is 8.14. The van der Waals surface area contributed by atoms with Crippen molar-refractivity contribution in [3.63, 3.8) is 0 Å². The summed E-state index contributed by atoms with van der Waals surface area (Å²) in [6.45, 7) is 0. The summed E-state index contributed by atoms with van der Waals surface area (Å²) in [6, 6.07) is -1.75. The molecule has 0 aliphatic rings. The van der Waals surface area contributed by atoms with Crippen molar-refractivity contribution in [3.8, 4) is 21.6 Å². The molecule has 1 heterocycles. The van der Waals surface area contributed by atoms with Crippen molar-refractivity contribution in [3.05, 3.63) is 76.4 Å². The zero-order valence-electron chi connectivity index (χ0n) is 19.5. The van der Waals surface area contributed by atoms with Crippen molar-refractivity contribution < 1.29 is 13.7 Å². The smallest absolute Gasteiger partial charge is 0.0911 e. The van der Waals surface area contributed by atoms with Crippen LogP contribution in [0.4, 0.5) is 0 Å². The van der Waals surface area contributed by atoms with E-state index in [2.05, 4.69) is 0 Å². The van der Waals surface area contributed by atoms with Gasteiger partial charge in [0.25, 0.3) is 0 Å². The Bertz CT molecular complexity index is 1080. The van der Waals surface area contributed by atoms with Crippen LogP contribution in [0.15, 0.2) is 72.6 Å². The second kappa shape index (κ2) is 5.47. The normalized spacial score (nSPS) is 17.7. The molecule has 2 aromatic carbocycles. The van der Waals surface area contributed by atoms with Gasteiger partial charge in [-0.15, -0.1) is 11.3 Å². The van der Waals surface area contributed by atoms with Crippen LogP contribution in [-0.4, -0.2) is 0 Å². The molecule has 0 atom stereocenters. The van der Waals surface area contributed by atoms with Crippen molar-refractivity contribution >= 4 is 23.6 Å². The fourth-order valence-electron chi connectivity index (χ4n) is 1.51. The number of rotatable bonds is 2. The van der Waals surface area contributed by atoms with E-state index >= 15 is 0 Å². The van der Waals surface area contributed by atoms with Crippen LogP contribution in [0.25, 0.3) is 21.6 Å². The summed E-state index contributed by atoms with van der Waals surface area (Å²) in [5.41, 5.74) is 0.0948. The summed E-state index contributed by atoms with van der Waals surface area (Å²) in [5, 5.41) is 0. The van der Waals surface area contributed by atoms with E-state index < -0.39 is 60.4 Å². The number of benzene rings is 2. The Kier molecular flexibility index (Phi) is 1.53. The number of hydrogen-bond donors (Lipinski definition) is 0. The molecule has 0 saturated heterocycles. The fraction of sp³-hybridized carbons (Fsp3) is 0. The standard InChI is InChI=1S/C17H12S2/c18-17-12-15(13-7-3-1-4-8-13)11-16(19-17)14-9-5-2-6-10-14/h1-12H/i1D,2D,3D,4D,5D,6D,7D,8D,9D,10D. The molecule has 0 nitrogen and oxygen atoms in total. The summed E-state index contributed by atoms with van der Waals surface area (Å²) in [4.78, 5) is 0.247. The first kappa shape index (κ1) is 5.31. The molecule has 3 rings (SSSR count). The van der Waals surface area contributed by atoms with Crippen molar-refractivity contribution in [1.29, 1.82) is 0 Å². The van der Waals surface area contributed by atoms with Gasteiger partial charge in [0, 0.05) is 4.88 Å². The summed E-state index contributed by atoms with van der Waals surface area (Å²) < 4.78 is 79.6. The highest BCUT2D eigenvalue weighted by Crippen LogP contribution is 2.30. The minimum Gasteiger partial charge on any atom is -0.124 e. The molecular weight excluding hydrogens is 268 g/mol. The van der Waals surface area contributed by atoms with Gasteiger partial charge in [0.1, 0.15) is 0 Å². The van der Waals surface area contributed by atoms with E-state index in [0.29, 0.717) is 0 Å². The lowest BCUT2D eigenvalue weighted by Crippen LogP contribution is -1.79. The van der Waals surface area contributed by atoms with E-state index in [1.165, 1.54) is 12.1 Å². The average molecular weight is 290 g/mol. The van der Waals surface area contributed by atoms with Gasteiger partial charge in [-0.3, -0.25) is 0 Å². The van der Waals surface area contributed by atoms with Gasteiger partial charge >= 0.3 is 0 Å². The minimum atomic E-state index is -0.521. The van der Waals surface area contributed by atoms with E-state index in [1.54, 1.807) is 0 Å². The molecule has 1 aromatic heterocycles. The van der Waals surface area contributed by atoms with E-state index in [0.717, 1.165) is 11.3 Å². The Balaban J connectivity index is 2.39. The molecule has 0 bridgehead atoms. The van der Waals surface area contributed by atoms with Gasteiger partial charge < -0.3 is 0 Å². The molecule has 19 heavy (non-hydrogen) atoms. The molecule has 0 aliphatic heterocycles. The molecular formula is C17H12S2. The Morgan fingerprint density at radius 2 is 1.32 bits per heavy atom. The highest BCUT2D eigenvalue weighted by atomic mass is 32.1. The SMILES string of the molecule is [2H]c1c([2H])c([2H])c(-c2cc(-c3c([2H])c([2H])c([2H])c([2H])c3[2H])sc(=S)c2)c([2H])c1[2H]. The number of hydrogen-bond acceptors (Lipinski definition) is 2. The van der Waals surface area contributed by atoms with Crippen LogP contribution in [0.5, 0.6) is 0 Å². The maximum Gasteiger partial charge on any atom is 0.0911 e. The quantitative estimate of drug-likeness (QED) is 0.536. The Labute approximate surface area is 136 Å². The lowest BCUT2D eigenvalue weighted by atomic mass is 10.1. The van der Waals surface area contributed by atoms with Gasteiger partial charge in [0.05, 0.1) is 17.5 Å². The van der Waals surface area contributed by atoms with Crippen molar-refractivity contribution in [1.82, 2.24) is 0 Å². The molecule has 3 aromatic rings. The zero-order chi connectivity index (χ0) is 21.8. The van der Waals surface area contributed by atoms with Gasteiger partial charge in [-0.2, -0.15) is 0 Å². The zero-order valence-corrected chi connectivity index (χ0v) is 11.1. The summed E-state index contributed by atoms with van der Waals surface area (Å²) >= 11 is 6.26. The Morgan fingerprint density at radius 1 is 0.737 bits per heavy atom. The molecule has 0 fully saturated rings.